The standard InChI is InChI=1S/C13H14N2O2/c16-9-5-6-11-10(8-9)13(17)15-7-3-1-2-4-12(15)14-11/h5-6,8,16H,1-4,7H2. The first kappa shape index (κ1) is 10.3. The van der Waals surface area contributed by atoms with Crippen LogP contribution in [0.1, 0.15) is 25.1 Å². The Morgan fingerprint density at radius 2 is 2.12 bits per heavy atom. The van der Waals surface area contributed by atoms with Crippen LogP contribution in [-0.4, -0.2) is 14.7 Å². The summed E-state index contributed by atoms with van der Waals surface area (Å²) < 4.78 is 1.76. The van der Waals surface area contributed by atoms with Crippen LogP contribution >= 0.6 is 0 Å². The molecule has 1 aromatic heterocycles. The Labute approximate surface area is 98.5 Å². The molecule has 1 aliphatic heterocycles. The third-order valence-electron chi connectivity index (χ3n) is 3.30. The first-order valence-corrected chi connectivity index (χ1v) is 5.98. The third kappa shape index (κ3) is 1.69. The lowest BCUT2D eigenvalue weighted by molar-refractivity contribution is 0.476. The van der Waals surface area contributed by atoms with Crippen LogP contribution in [0.5, 0.6) is 5.75 Å². The van der Waals surface area contributed by atoms with Gasteiger partial charge in [-0.05, 0) is 31.0 Å². The van der Waals surface area contributed by atoms with Crippen molar-refractivity contribution in [2.45, 2.75) is 32.2 Å². The maximum atomic E-state index is 12.3. The number of fused-ring (bicyclic) bond motifs is 2. The van der Waals surface area contributed by atoms with E-state index in [0.717, 1.165) is 38.1 Å². The molecule has 0 saturated heterocycles. The minimum Gasteiger partial charge on any atom is -0.508 e. The zero-order valence-electron chi connectivity index (χ0n) is 9.52. The minimum absolute atomic E-state index is 0.0252. The molecule has 0 bridgehead atoms. The number of aromatic nitrogens is 2. The van der Waals surface area contributed by atoms with Crippen molar-refractivity contribution in [2.75, 3.05) is 0 Å². The SMILES string of the molecule is O=c1c2cc(O)ccc2nc2n1CCCCC2. The molecule has 0 amide bonds. The monoisotopic (exact) mass is 230 g/mol. The molecule has 4 nitrogen and oxygen atoms in total. The van der Waals surface area contributed by atoms with Crippen molar-refractivity contribution in [1.29, 1.82) is 0 Å². The lowest BCUT2D eigenvalue weighted by Crippen LogP contribution is -2.24. The molecule has 0 atom stereocenters. The maximum absolute atomic E-state index is 12.3. The molecule has 2 aromatic rings. The summed E-state index contributed by atoms with van der Waals surface area (Å²) in [6, 6.07) is 4.78. The van der Waals surface area contributed by atoms with Gasteiger partial charge in [-0.25, -0.2) is 4.98 Å². The molecular formula is C13H14N2O2. The Morgan fingerprint density at radius 3 is 3.00 bits per heavy atom. The summed E-state index contributed by atoms with van der Waals surface area (Å²) in [5.41, 5.74) is 0.656. The number of aryl methyl sites for hydroxylation is 1. The van der Waals surface area contributed by atoms with Gasteiger partial charge in [0.05, 0.1) is 10.9 Å². The molecule has 0 aliphatic carbocycles. The summed E-state index contributed by atoms with van der Waals surface area (Å²) in [5.74, 6) is 0.997. The van der Waals surface area contributed by atoms with Crippen LogP contribution in [-0.2, 0) is 13.0 Å². The predicted molar refractivity (Wildman–Crippen MR) is 65.2 cm³/mol. The van der Waals surface area contributed by atoms with Crippen LogP contribution in [0.2, 0.25) is 0 Å². The average Bonchev–Trinajstić information content (AvgIpc) is 2.56. The Kier molecular flexibility index (Phi) is 2.35. The van der Waals surface area contributed by atoms with Crippen LogP contribution in [0.15, 0.2) is 23.0 Å². The number of phenolic OH excluding ortho intramolecular Hbond substituents is 1. The van der Waals surface area contributed by atoms with E-state index in [2.05, 4.69) is 4.98 Å². The van der Waals surface area contributed by atoms with E-state index < -0.39 is 0 Å². The third-order valence-corrected chi connectivity index (χ3v) is 3.30. The average molecular weight is 230 g/mol. The molecule has 1 aliphatic rings. The summed E-state index contributed by atoms with van der Waals surface area (Å²) in [7, 11) is 0. The van der Waals surface area contributed by atoms with Gasteiger partial charge in [-0.2, -0.15) is 0 Å². The second-order valence-electron chi connectivity index (χ2n) is 4.50. The van der Waals surface area contributed by atoms with E-state index >= 15 is 0 Å². The number of hydrogen-bond donors (Lipinski definition) is 1. The first-order chi connectivity index (χ1) is 8.25. The van der Waals surface area contributed by atoms with Crippen LogP contribution in [0.4, 0.5) is 0 Å². The number of phenols is 1. The zero-order chi connectivity index (χ0) is 11.8. The number of nitrogens with zero attached hydrogens (tertiary/aromatic N) is 2. The highest BCUT2D eigenvalue weighted by Crippen LogP contribution is 2.18. The van der Waals surface area contributed by atoms with Crippen molar-refractivity contribution in [3.63, 3.8) is 0 Å². The molecule has 3 rings (SSSR count). The highest BCUT2D eigenvalue weighted by Gasteiger charge is 2.13. The lowest BCUT2D eigenvalue weighted by Gasteiger charge is -2.09. The molecule has 88 valence electrons. The Balaban J connectivity index is 2.33. The molecule has 1 aromatic carbocycles. The van der Waals surface area contributed by atoms with Crippen LogP contribution in [0.3, 0.4) is 0 Å². The molecule has 0 spiro atoms. The quantitative estimate of drug-likeness (QED) is 0.751. The zero-order valence-corrected chi connectivity index (χ0v) is 9.52. The van der Waals surface area contributed by atoms with Gasteiger partial charge in [0.2, 0.25) is 0 Å². The predicted octanol–water partition coefficient (Wildman–Crippen LogP) is 1.83. The molecule has 0 saturated carbocycles. The molecule has 17 heavy (non-hydrogen) atoms. The summed E-state index contributed by atoms with van der Waals surface area (Å²) in [6.07, 6.45) is 4.13. The summed E-state index contributed by atoms with van der Waals surface area (Å²) in [6.45, 7) is 0.743. The Morgan fingerprint density at radius 1 is 1.24 bits per heavy atom. The van der Waals surface area contributed by atoms with E-state index in [0.29, 0.717) is 10.9 Å². The first-order valence-electron chi connectivity index (χ1n) is 5.98. The summed E-state index contributed by atoms with van der Waals surface area (Å²) in [4.78, 5) is 16.8. The number of hydrogen-bond acceptors (Lipinski definition) is 3. The van der Waals surface area contributed by atoms with Crippen molar-refractivity contribution in [1.82, 2.24) is 9.55 Å². The molecule has 0 fully saturated rings. The van der Waals surface area contributed by atoms with Crippen LogP contribution in [0, 0.1) is 0 Å². The molecule has 0 radical (unpaired) electrons. The fourth-order valence-corrected chi connectivity index (χ4v) is 2.41. The second kappa shape index (κ2) is 3.87. The van der Waals surface area contributed by atoms with Crippen molar-refractivity contribution in [2.24, 2.45) is 0 Å². The van der Waals surface area contributed by atoms with Gasteiger partial charge >= 0.3 is 0 Å². The smallest absolute Gasteiger partial charge is 0.261 e. The van der Waals surface area contributed by atoms with E-state index in [-0.39, 0.29) is 11.3 Å². The van der Waals surface area contributed by atoms with Gasteiger partial charge in [0.15, 0.2) is 0 Å². The van der Waals surface area contributed by atoms with Gasteiger partial charge < -0.3 is 5.11 Å². The largest absolute Gasteiger partial charge is 0.508 e. The number of rotatable bonds is 0. The van der Waals surface area contributed by atoms with Gasteiger partial charge in [0, 0.05) is 13.0 Å². The van der Waals surface area contributed by atoms with Gasteiger partial charge in [0.1, 0.15) is 11.6 Å². The molecule has 4 heteroatoms. The highest BCUT2D eigenvalue weighted by atomic mass is 16.3. The van der Waals surface area contributed by atoms with Crippen molar-refractivity contribution >= 4 is 10.9 Å². The fraction of sp³-hybridized carbons (Fsp3) is 0.385. The molecule has 2 heterocycles. The van der Waals surface area contributed by atoms with Crippen LogP contribution in [0.25, 0.3) is 10.9 Å². The van der Waals surface area contributed by atoms with E-state index in [1.165, 1.54) is 6.07 Å². The second-order valence-corrected chi connectivity index (χ2v) is 4.50. The number of benzene rings is 1. The van der Waals surface area contributed by atoms with Crippen molar-refractivity contribution < 1.29 is 5.11 Å². The van der Waals surface area contributed by atoms with Crippen molar-refractivity contribution in [3.8, 4) is 5.75 Å². The molecule has 1 N–H and O–H groups in total. The Hall–Kier alpha value is -1.84. The number of aromatic hydroxyl groups is 1. The summed E-state index contributed by atoms with van der Waals surface area (Å²) in [5, 5.41) is 9.95. The minimum atomic E-state index is -0.0252. The van der Waals surface area contributed by atoms with Gasteiger partial charge in [-0.1, -0.05) is 6.42 Å². The van der Waals surface area contributed by atoms with E-state index in [9.17, 15) is 9.90 Å². The Bertz CT molecular complexity index is 631. The topological polar surface area (TPSA) is 55.1 Å². The molecular weight excluding hydrogens is 216 g/mol. The normalized spacial score (nSPS) is 15.5. The lowest BCUT2D eigenvalue weighted by atomic mass is 10.2. The van der Waals surface area contributed by atoms with Gasteiger partial charge in [0.25, 0.3) is 5.56 Å². The van der Waals surface area contributed by atoms with E-state index in [1.807, 2.05) is 0 Å². The fourth-order valence-electron chi connectivity index (χ4n) is 2.41. The van der Waals surface area contributed by atoms with E-state index in [4.69, 9.17) is 0 Å². The van der Waals surface area contributed by atoms with Crippen LogP contribution < -0.4 is 5.56 Å². The summed E-state index contributed by atoms with van der Waals surface area (Å²) >= 11 is 0. The highest BCUT2D eigenvalue weighted by molar-refractivity contribution is 5.79. The molecule has 0 unspecified atom stereocenters. The van der Waals surface area contributed by atoms with Gasteiger partial charge in [-0.3, -0.25) is 9.36 Å². The van der Waals surface area contributed by atoms with Crippen molar-refractivity contribution in [3.05, 3.63) is 34.4 Å². The maximum Gasteiger partial charge on any atom is 0.261 e. The van der Waals surface area contributed by atoms with Gasteiger partial charge in [-0.15, -0.1) is 0 Å². The van der Waals surface area contributed by atoms with E-state index in [1.54, 1.807) is 16.7 Å².